The van der Waals surface area contributed by atoms with Crippen LogP contribution < -0.4 is 4.72 Å². The summed E-state index contributed by atoms with van der Waals surface area (Å²) >= 11 is 0. The van der Waals surface area contributed by atoms with Gasteiger partial charge in [-0.25, -0.2) is 13.1 Å². The highest BCUT2D eigenvalue weighted by Crippen LogP contribution is 2.16. The maximum atomic E-state index is 12.3. The average Bonchev–Trinajstić information content (AvgIpc) is 3.15. The molecular weight excluding hydrogens is 326 g/mol. The van der Waals surface area contributed by atoms with Crippen LogP contribution in [-0.2, 0) is 16.6 Å². The van der Waals surface area contributed by atoms with E-state index in [1.165, 1.54) is 12.1 Å². The highest BCUT2D eigenvalue weighted by molar-refractivity contribution is 7.89. The summed E-state index contributed by atoms with van der Waals surface area (Å²) in [5.41, 5.74) is 1.30. The standard InChI is InChI=1S/C17H19N3O3S/c21-17(20-10-1-2-11-20)15-5-7-16(8-6-15)24(22,23)19-13-14-4-3-9-18-12-14/h3-9,12,19H,1-2,10-11,13H2. The average molecular weight is 345 g/mol. The van der Waals surface area contributed by atoms with Crippen molar-refractivity contribution in [1.29, 1.82) is 0 Å². The summed E-state index contributed by atoms with van der Waals surface area (Å²) in [4.78, 5) is 18.2. The number of aromatic nitrogens is 1. The van der Waals surface area contributed by atoms with Gasteiger partial charge in [0.2, 0.25) is 10.0 Å². The SMILES string of the molecule is O=C(c1ccc(S(=O)(=O)NCc2cccnc2)cc1)N1CCCC1. The van der Waals surface area contributed by atoms with Crippen LogP contribution in [-0.4, -0.2) is 37.3 Å². The molecule has 2 aromatic rings. The van der Waals surface area contributed by atoms with E-state index in [1.54, 1.807) is 41.6 Å². The molecule has 1 aromatic heterocycles. The molecule has 0 aliphatic carbocycles. The molecule has 1 aromatic carbocycles. The predicted molar refractivity (Wildman–Crippen MR) is 89.8 cm³/mol. The smallest absolute Gasteiger partial charge is 0.253 e. The van der Waals surface area contributed by atoms with E-state index in [0.29, 0.717) is 5.56 Å². The van der Waals surface area contributed by atoms with Crippen molar-refractivity contribution in [3.63, 3.8) is 0 Å². The van der Waals surface area contributed by atoms with Gasteiger partial charge < -0.3 is 4.90 Å². The highest BCUT2D eigenvalue weighted by atomic mass is 32.2. The minimum absolute atomic E-state index is 0.0419. The van der Waals surface area contributed by atoms with Gasteiger partial charge in [-0.1, -0.05) is 6.07 Å². The largest absolute Gasteiger partial charge is 0.339 e. The summed E-state index contributed by atoms with van der Waals surface area (Å²) in [5, 5.41) is 0. The van der Waals surface area contributed by atoms with E-state index in [9.17, 15) is 13.2 Å². The van der Waals surface area contributed by atoms with E-state index in [0.717, 1.165) is 31.5 Å². The number of rotatable bonds is 5. The monoisotopic (exact) mass is 345 g/mol. The Morgan fingerprint density at radius 1 is 1.12 bits per heavy atom. The molecule has 126 valence electrons. The molecular formula is C17H19N3O3S. The maximum absolute atomic E-state index is 12.3. The number of amides is 1. The number of hydrogen-bond donors (Lipinski definition) is 1. The van der Waals surface area contributed by atoms with E-state index in [2.05, 4.69) is 9.71 Å². The van der Waals surface area contributed by atoms with Gasteiger partial charge in [-0.2, -0.15) is 0 Å². The molecule has 1 saturated heterocycles. The summed E-state index contributed by atoms with van der Waals surface area (Å²) in [6.07, 6.45) is 5.29. The van der Waals surface area contributed by atoms with Crippen molar-refractivity contribution in [1.82, 2.24) is 14.6 Å². The van der Waals surface area contributed by atoms with E-state index in [1.807, 2.05) is 0 Å². The summed E-state index contributed by atoms with van der Waals surface area (Å²) < 4.78 is 27.2. The fourth-order valence-corrected chi connectivity index (χ4v) is 3.66. The number of likely N-dealkylation sites (tertiary alicyclic amines) is 1. The Balaban J connectivity index is 1.68. The third kappa shape index (κ3) is 3.80. The fourth-order valence-electron chi connectivity index (χ4n) is 2.64. The Labute approximate surface area is 141 Å². The highest BCUT2D eigenvalue weighted by Gasteiger charge is 2.20. The first-order valence-corrected chi connectivity index (χ1v) is 9.32. The Hall–Kier alpha value is -2.25. The maximum Gasteiger partial charge on any atom is 0.253 e. The second kappa shape index (κ2) is 7.11. The molecule has 1 fully saturated rings. The van der Waals surface area contributed by atoms with Gasteiger partial charge in [-0.05, 0) is 48.7 Å². The van der Waals surface area contributed by atoms with Crippen LogP contribution in [0.25, 0.3) is 0 Å². The Morgan fingerprint density at radius 3 is 2.46 bits per heavy atom. The second-order valence-corrected chi connectivity index (χ2v) is 7.48. The lowest BCUT2D eigenvalue weighted by molar-refractivity contribution is 0.0792. The second-order valence-electron chi connectivity index (χ2n) is 5.71. The molecule has 1 aliphatic heterocycles. The normalized spacial score (nSPS) is 14.8. The molecule has 0 unspecified atom stereocenters. The van der Waals surface area contributed by atoms with Gasteiger partial charge in [0.05, 0.1) is 4.90 Å². The number of carbonyl (C=O) groups excluding carboxylic acids is 1. The molecule has 0 atom stereocenters. The number of sulfonamides is 1. The number of nitrogens with one attached hydrogen (secondary N) is 1. The Bertz CT molecular complexity index is 799. The lowest BCUT2D eigenvalue weighted by Gasteiger charge is -2.15. The van der Waals surface area contributed by atoms with E-state index >= 15 is 0 Å². The molecule has 1 aliphatic rings. The Kier molecular flexibility index (Phi) is 4.92. The van der Waals surface area contributed by atoms with Gasteiger partial charge in [-0.3, -0.25) is 9.78 Å². The van der Waals surface area contributed by atoms with Crippen LogP contribution in [0.3, 0.4) is 0 Å². The van der Waals surface area contributed by atoms with Crippen molar-refractivity contribution < 1.29 is 13.2 Å². The topological polar surface area (TPSA) is 79.4 Å². The third-order valence-corrected chi connectivity index (χ3v) is 5.41. The lowest BCUT2D eigenvalue weighted by Crippen LogP contribution is -2.27. The zero-order valence-electron chi connectivity index (χ0n) is 13.2. The molecule has 3 rings (SSSR count). The first kappa shape index (κ1) is 16.6. The van der Waals surface area contributed by atoms with Gasteiger partial charge in [0.15, 0.2) is 0 Å². The first-order chi connectivity index (χ1) is 11.6. The van der Waals surface area contributed by atoms with Crippen LogP contribution in [0, 0.1) is 0 Å². The molecule has 1 N–H and O–H groups in total. The molecule has 0 spiro atoms. The van der Waals surface area contributed by atoms with Crippen LogP contribution in [0.2, 0.25) is 0 Å². The molecule has 0 bridgehead atoms. The van der Waals surface area contributed by atoms with Crippen molar-refractivity contribution in [3.05, 3.63) is 59.9 Å². The van der Waals surface area contributed by atoms with E-state index < -0.39 is 10.0 Å². The zero-order chi connectivity index (χ0) is 17.0. The van der Waals surface area contributed by atoms with Crippen molar-refractivity contribution in [3.8, 4) is 0 Å². The summed E-state index contributed by atoms with van der Waals surface area (Å²) in [6.45, 7) is 1.71. The summed E-state index contributed by atoms with van der Waals surface area (Å²) in [5.74, 6) is -0.0419. The van der Waals surface area contributed by atoms with Crippen molar-refractivity contribution in [2.75, 3.05) is 13.1 Å². The van der Waals surface area contributed by atoms with Crippen LogP contribution >= 0.6 is 0 Å². The Morgan fingerprint density at radius 2 is 1.83 bits per heavy atom. The van der Waals surface area contributed by atoms with Crippen molar-refractivity contribution in [2.24, 2.45) is 0 Å². The number of carbonyl (C=O) groups is 1. The first-order valence-electron chi connectivity index (χ1n) is 7.84. The van der Waals surface area contributed by atoms with Gasteiger partial charge in [0, 0.05) is 37.6 Å². The predicted octanol–water partition coefficient (Wildman–Crippen LogP) is 1.80. The minimum Gasteiger partial charge on any atom is -0.339 e. The van der Waals surface area contributed by atoms with Gasteiger partial charge in [0.25, 0.3) is 5.91 Å². The van der Waals surface area contributed by atoms with E-state index in [4.69, 9.17) is 0 Å². The van der Waals surface area contributed by atoms with Crippen LogP contribution in [0.4, 0.5) is 0 Å². The molecule has 2 heterocycles. The summed E-state index contributed by atoms with van der Waals surface area (Å²) in [7, 11) is -3.62. The fraction of sp³-hybridized carbons (Fsp3) is 0.294. The molecule has 6 nitrogen and oxygen atoms in total. The number of pyridine rings is 1. The zero-order valence-corrected chi connectivity index (χ0v) is 14.0. The molecule has 24 heavy (non-hydrogen) atoms. The summed E-state index contributed by atoms with van der Waals surface area (Å²) in [6, 6.07) is 9.62. The third-order valence-electron chi connectivity index (χ3n) is 3.99. The van der Waals surface area contributed by atoms with Gasteiger partial charge in [0.1, 0.15) is 0 Å². The number of benzene rings is 1. The van der Waals surface area contributed by atoms with Gasteiger partial charge in [-0.15, -0.1) is 0 Å². The quantitative estimate of drug-likeness (QED) is 0.896. The van der Waals surface area contributed by atoms with Gasteiger partial charge >= 0.3 is 0 Å². The van der Waals surface area contributed by atoms with Crippen molar-refractivity contribution >= 4 is 15.9 Å². The minimum atomic E-state index is -3.62. The molecule has 1 amide bonds. The van der Waals surface area contributed by atoms with Crippen LogP contribution in [0.1, 0.15) is 28.8 Å². The van der Waals surface area contributed by atoms with Crippen LogP contribution in [0.15, 0.2) is 53.7 Å². The lowest BCUT2D eigenvalue weighted by atomic mass is 10.2. The van der Waals surface area contributed by atoms with Crippen molar-refractivity contribution in [2.45, 2.75) is 24.3 Å². The molecule has 7 heteroatoms. The molecule has 0 radical (unpaired) electrons. The molecule has 0 saturated carbocycles. The van der Waals surface area contributed by atoms with Crippen LogP contribution in [0.5, 0.6) is 0 Å². The van der Waals surface area contributed by atoms with E-state index in [-0.39, 0.29) is 17.3 Å². The number of nitrogens with zero attached hydrogens (tertiary/aromatic N) is 2. The number of hydrogen-bond acceptors (Lipinski definition) is 4.